The first-order valence-corrected chi connectivity index (χ1v) is 28.3. The zero-order valence-corrected chi connectivity index (χ0v) is 43.2. The summed E-state index contributed by atoms with van der Waals surface area (Å²) in [7, 11) is 0. The van der Waals surface area contributed by atoms with Crippen LogP contribution in [0.5, 0.6) is 0 Å². The van der Waals surface area contributed by atoms with E-state index in [2.05, 4.69) is 34.6 Å². The molecule has 0 rings (SSSR count). The number of unbranched alkanes of at least 4 members (excludes halogenated alkanes) is 35. The molecule has 2 atom stereocenters. The monoisotopic (exact) mass is 891 g/mol. The summed E-state index contributed by atoms with van der Waals surface area (Å²) in [6, 6.07) is 0. The van der Waals surface area contributed by atoms with E-state index in [1.165, 1.54) is 205 Å². The van der Waals surface area contributed by atoms with Crippen molar-refractivity contribution in [2.24, 2.45) is 11.8 Å². The molecular formula is C57H110O6. The van der Waals surface area contributed by atoms with Crippen LogP contribution in [-0.4, -0.2) is 37.2 Å². The quantitative estimate of drug-likeness (QED) is 0.0344. The molecule has 0 aromatic rings. The molecule has 0 aromatic carbocycles. The summed E-state index contributed by atoms with van der Waals surface area (Å²) in [5, 5.41) is 0. The lowest BCUT2D eigenvalue weighted by molar-refractivity contribution is -0.167. The van der Waals surface area contributed by atoms with Crippen molar-refractivity contribution in [3.63, 3.8) is 0 Å². The number of rotatable bonds is 51. The van der Waals surface area contributed by atoms with E-state index >= 15 is 0 Å². The number of ether oxygens (including phenoxy) is 3. The smallest absolute Gasteiger partial charge is 0.306 e. The van der Waals surface area contributed by atoms with Gasteiger partial charge in [-0.2, -0.15) is 0 Å². The Hall–Kier alpha value is -1.59. The minimum absolute atomic E-state index is 0.0633. The number of carbonyl (C=O) groups is 3. The van der Waals surface area contributed by atoms with E-state index in [9.17, 15) is 14.4 Å². The molecule has 0 saturated heterocycles. The summed E-state index contributed by atoms with van der Waals surface area (Å²) in [5.74, 6) is 0.836. The third-order valence-electron chi connectivity index (χ3n) is 13.3. The number of carbonyl (C=O) groups excluding carboxylic acids is 3. The molecule has 0 amide bonds. The van der Waals surface area contributed by atoms with E-state index in [1.807, 2.05) is 0 Å². The minimum atomic E-state index is -0.763. The van der Waals surface area contributed by atoms with Gasteiger partial charge in [0.15, 0.2) is 6.10 Å². The van der Waals surface area contributed by atoms with E-state index in [0.29, 0.717) is 19.3 Å². The lowest BCUT2D eigenvalue weighted by Gasteiger charge is -2.18. The second-order valence-corrected chi connectivity index (χ2v) is 20.3. The standard InChI is InChI=1S/C57H110O6/c1-6-8-9-10-11-12-13-14-15-16-17-18-19-23-26-32-37-42-47-55(58)61-50-54(51-62-56(59)48-43-38-33-29-28-31-36-41-46-53(5)7-2)63-57(60)49-44-39-34-27-24-21-20-22-25-30-35-40-45-52(3)4/h52-54H,6-51H2,1-5H3/t53?,54-/m1/s1. The topological polar surface area (TPSA) is 78.9 Å². The molecule has 0 aromatic heterocycles. The van der Waals surface area contributed by atoms with Gasteiger partial charge in [0.05, 0.1) is 0 Å². The van der Waals surface area contributed by atoms with Crippen LogP contribution in [0, 0.1) is 11.8 Å². The van der Waals surface area contributed by atoms with Crippen LogP contribution < -0.4 is 0 Å². The summed E-state index contributed by atoms with van der Waals surface area (Å²) in [6.07, 6.45) is 52.3. The Morgan fingerprint density at radius 1 is 0.333 bits per heavy atom. The van der Waals surface area contributed by atoms with Crippen LogP contribution >= 0.6 is 0 Å². The molecule has 0 fully saturated rings. The van der Waals surface area contributed by atoms with Gasteiger partial charge in [-0.3, -0.25) is 14.4 Å². The van der Waals surface area contributed by atoms with E-state index in [1.54, 1.807) is 0 Å². The van der Waals surface area contributed by atoms with Gasteiger partial charge < -0.3 is 14.2 Å². The molecule has 63 heavy (non-hydrogen) atoms. The van der Waals surface area contributed by atoms with Crippen LogP contribution in [0.2, 0.25) is 0 Å². The van der Waals surface area contributed by atoms with Crippen molar-refractivity contribution in [3.05, 3.63) is 0 Å². The molecular weight excluding hydrogens is 781 g/mol. The first-order chi connectivity index (χ1) is 30.8. The maximum absolute atomic E-state index is 12.8. The summed E-state index contributed by atoms with van der Waals surface area (Å²) in [5.41, 5.74) is 0. The highest BCUT2D eigenvalue weighted by atomic mass is 16.6. The first kappa shape index (κ1) is 61.4. The van der Waals surface area contributed by atoms with Crippen molar-refractivity contribution in [1.29, 1.82) is 0 Å². The fourth-order valence-electron chi connectivity index (χ4n) is 8.66. The maximum atomic E-state index is 12.8. The Morgan fingerprint density at radius 3 is 0.905 bits per heavy atom. The fraction of sp³-hybridized carbons (Fsp3) is 0.947. The van der Waals surface area contributed by atoms with Gasteiger partial charge in [-0.05, 0) is 31.1 Å². The van der Waals surface area contributed by atoms with Gasteiger partial charge in [0.25, 0.3) is 0 Å². The molecule has 6 heteroatoms. The van der Waals surface area contributed by atoms with Crippen molar-refractivity contribution < 1.29 is 28.6 Å². The largest absolute Gasteiger partial charge is 0.462 e. The molecule has 0 spiro atoms. The summed E-state index contributed by atoms with van der Waals surface area (Å²) >= 11 is 0. The summed E-state index contributed by atoms with van der Waals surface area (Å²) < 4.78 is 16.9. The van der Waals surface area contributed by atoms with Gasteiger partial charge >= 0.3 is 17.9 Å². The van der Waals surface area contributed by atoms with Gasteiger partial charge in [-0.25, -0.2) is 0 Å². The van der Waals surface area contributed by atoms with E-state index in [0.717, 1.165) is 69.6 Å². The van der Waals surface area contributed by atoms with Crippen molar-refractivity contribution >= 4 is 17.9 Å². The van der Waals surface area contributed by atoms with Crippen LogP contribution in [0.15, 0.2) is 0 Å². The Bertz CT molecular complexity index is 964. The molecule has 0 bridgehead atoms. The number of hydrogen-bond acceptors (Lipinski definition) is 6. The van der Waals surface area contributed by atoms with Crippen LogP contribution in [-0.2, 0) is 28.6 Å². The second kappa shape index (κ2) is 49.8. The minimum Gasteiger partial charge on any atom is -0.462 e. The highest BCUT2D eigenvalue weighted by molar-refractivity contribution is 5.71. The Kier molecular flexibility index (Phi) is 48.6. The average molecular weight is 892 g/mol. The average Bonchev–Trinajstić information content (AvgIpc) is 3.27. The van der Waals surface area contributed by atoms with Crippen LogP contribution in [0.1, 0.15) is 317 Å². The number of hydrogen-bond donors (Lipinski definition) is 0. The zero-order chi connectivity index (χ0) is 46.1. The van der Waals surface area contributed by atoms with Crippen molar-refractivity contribution in [3.8, 4) is 0 Å². The lowest BCUT2D eigenvalue weighted by Crippen LogP contribution is -2.30. The lowest BCUT2D eigenvalue weighted by atomic mass is 9.99. The van der Waals surface area contributed by atoms with Gasteiger partial charge in [0.1, 0.15) is 13.2 Å². The molecule has 1 unspecified atom stereocenters. The third kappa shape index (κ3) is 49.7. The molecule has 374 valence electrons. The highest BCUT2D eigenvalue weighted by Gasteiger charge is 2.19. The molecule has 0 aliphatic carbocycles. The fourth-order valence-corrected chi connectivity index (χ4v) is 8.66. The van der Waals surface area contributed by atoms with E-state index < -0.39 is 6.10 Å². The summed E-state index contributed by atoms with van der Waals surface area (Å²) in [4.78, 5) is 38.1. The van der Waals surface area contributed by atoms with Crippen LogP contribution in [0.3, 0.4) is 0 Å². The summed E-state index contributed by atoms with van der Waals surface area (Å²) in [6.45, 7) is 11.4. The Balaban J connectivity index is 4.29. The molecule has 0 aliphatic rings. The SMILES string of the molecule is CCCCCCCCCCCCCCCCCCCCC(=O)OC[C@H](COC(=O)CCCCCCCCCCC(C)CC)OC(=O)CCCCCCCCCCCCCCC(C)C. The molecule has 0 heterocycles. The van der Waals surface area contributed by atoms with Crippen molar-refractivity contribution in [1.82, 2.24) is 0 Å². The van der Waals surface area contributed by atoms with Crippen molar-refractivity contribution in [2.75, 3.05) is 13.2 Å². The molecule has 0 N–H and O–H groups in total. The predicted molar refractivity (Wildman–Crippen MR) is 270 cm³/mol. The van der Waals surface area contributed by atoms with E-state index in [4.69, 9.17) is 14.2 Å². The molecule has 0 aliphatic heterocycles. The molecule has 0 saturated carbocycles. The molecule has 0 radical (unpaired) electrons. The zero-order valence-electron chi connectivity index (χ0n) is 43.2. The first-order valence-electron chi connectivity index (χ1n) is 28.3. The second-order valence-electron chi connectivity index (χ2n) is 20.3. The molecule has 6 nitrogen and oxygen atoms in total. The third-order valence-corrected chi connectivity index (χ3v) is 13.3. The Morgan fingerprint density at radius 2 is 0.603 bits per heavy atom. The van der Waals surface area contributed by atoms with Gasteiger partial charge in [0, 0.05) is 19.3 Å². The maximum Gasteiger partial charge on any atom is 0.306 e. The predicted octanol–water partition coefficient (Wildman–Crippen LogP) is 18.5. The van der Waals surface area contributed by atoms with Gasteiger partial charge in [-0.15, -0.1) is 0 Å². The van der Waals surface area contributed by atoms with Crippen LogP contribution in [0.25, 0.3) is 0 Å². The highest BCUT2D eigenvalue weighted by Crippen LogP contribution is 2.18. The van der Waals surface area contributed by atoms with E-state index in [-0.39, 0.29) is 31.1 Å². The number of esters is 3. The van der Waals surface area contributed by atoms with Gasteiger partial charge in [-0.1, -0.05) is 279 Å². The van der Waals surface area contributed by atoms with Crippen molar-refractivity contribution in [2.45, 2.75) is 323 Å². The normalized spacial score (nSPS) is 12.5. The van der Waals surface area contributed by atoms with Gasteiger partial charge in [0.2, 0.25) is 0 Å². The van der Waals surface area contributed by atoms with Crippen LogP contribution in [0.4, 0.5) is 0 Å². The Labute approximate surface area is 393 Å².